The van der Waals surface area contributed by atoms with Gasteiger partial charge in [0.25, 0.3) is 0 Å². The van der Waals surface area contributed by atoms with E-state index in [9.17, 15) is 0 Å². The Labute approximate surface area is 125 Å². The first kappa shape index (κ1) is 13.6. The van der Waals surface area contributed by atoms with Crippen molar-refractivity contribution in [3.63, 3.8) is 0 Å². The second-order valence-electron chi connectivity index (χ2n) is 9.13. The second kappa shape index (κ2) is 4.48. The van der Waals surface area contributed by atoms with Crippen LogP contribution in [0.25, 0.3) is 0 Å². The lowest BCUT2D eigenvalue weighted by molar-refractivity contribution is -0.105. The number of rotatable bonds is 0. The van der Waals surface area contributed by atoms with Crippen LogP contribution in [0.1, 0.15) is 78.1 Å². The fourth-order valence-corrected chi connectivity index (χ4v) is 7.34. The molecule has 4 rings (SSSR count). The topological polar surface area (TPSA) is 26.0 Å². The van der Waals surface area contributed by atoms with Crippen LogP contribution in [0.15, 0.2) is 0 Å². The zero-order valence-electron chi connectivity index (χ0n) is 13.5. The van der Waals surface area contributed by atoms with Crippen molar-refractivity contribution < 1.29 is 0 Å². The molecule has 4 aliphatic rings. The predicted octanol–water partition coefficient (Wildman–Crippen LogP) is 4.75. The Morgan fingerprint density at radius 1 is 0.750 bits per heavy atom. The number of fused-ring (bicyclic) bond motifs is 5. The van der Waals surface area contributed by atoms with Crippen LogP contribution in [0.5, 0.6) is 0 Å². The molecule has 0 heterocycles. The average molecular weight is 275 g/mol. The van der Waals surface area contributed by atoms with Gasteiger partial charge >= 0.3 is 0 Å². The summed E-state index contributed by atoms with van der Waals surface area (Å²) in [4.78, 5) is 0. The molecule has 4 aliphatic carbocycles. The lowest BCUT2D eigenvalue weighted by Gasteiger charge is -2.60. The molecule has 0 aliphatic heterocycles. The molecule has 0 bridgehead atoms. The minimum atomic E-state index is 0.485. The van der Waals surface area contributed by atoms with Gasteiger partial charge < -0.3 is 5.73 Å². The zero-order chi connectivity index (χ0) is 14.0. The van der Waals surface area contributed by atoms with Gasteiger partial charge in [-0.2, -0.15) is 0 Å². The van der Waals surface area contributed by atoms with E-state index in [4.69, 9.17) is 5.73 Å². The van der Waals surface area contributed by atoms with Crippen molar-refractivity contribution in [3.05, 3.63) is 0 Å². The van der Waals surface area contributed by atoms with Crippen LogP contribution in [-0.4, -0.2) is 6.04 Å². The third-order valence-electron chi connectivity index (χ3n) is 8.66. The highest BCUT2D eigenvalue weighted by atomic mass is 14.8. The van der Waals surface area contributed by atoms with E-state index >= 15 is 0 Å². The second-order valence-corrected chi connectivity index (χ2v) is 9.13. The highest BCUT2D eigenvalue weighted by Gasteiger charge is 2.58. The fraction of sp³-hybridized carbons (Fsp3) is 1.00. The summed E-state index contributed by atoms with van der Waals surface area (Å²) in [5.41, 5.74) is 7.69. The Bertz CT molecular complexity index is 391. The van der Waals surface area contributed by atoms with Gasteiger partial charge in [-0.15, -0.1) is 0 Å². The molecule has 4 fully saturated rings. The van der Waals surface area contributed by atoms with Gasteiger partial charge in [0, 0.05) is 6.04 Å². The molecule has 1 heteroatoms. The first-order valence-corrected chi connectivity index (χ1v) is 9.31. The Balaban J connectivity index is 1.64. The molecular weight excluding hydrogens is 242 g/mol. The van der Waals surface area contributed by atoms with E-state index in [1.54, 1.807) is 0 Å². The molecule has 0 amide bonds. The van der Waals surface area contributed by atoms with E-state index in [0.29, 0.717) is 16.9 Å². The lowest BCUT2D eigenvalue weighted by Crippen LogP contribution is -2.54. The number of nitrogens with two attached hydrogens (primary N) is 1. The molecule has 1 unspecified atom stereocenters. The van der Waals surface area contributed by atoms with Crippen molar-refractivity contribution in [2.75, 3.05) is 0 Å². The Hall–Kier alpha value is -0.0400. The molecule has 0 aromatic heterocycles. The lowest BCUT2D eigenvalue weighted by atomic mass is 9.45. The highest BCUT2D eigenvalue weighted by molar-refractivity contribution is 5.09. The molecule has 4 saturated carbocycles. The van der Waals surface area contributed by atoms with Gasteiger partial charge in [0.2, 0.25) is 0 Å². The summed E-state index contributed by atoms with van der Waals surface area (Å²) in [6, 6.07) is 0.491. The van der Waals surface area contributed by atoms with Gasteiger partial charge in [0.1, 0.15) is 0 Å². The molecule has 0 aromatic rings. The number of hydrogen-bond acceptors (Lipinski definition) is 1. The van der Waals surface area contributed by atoms with Crippen LogP contribution in [0.4, 0.5) is 0 Å². The zero-order valence-corrected chi connectivity index (χ0v) is 13.5. The van der Waals surface area contributed by atoms with Crippen molar-refractivity contribution in [2.45, 2.75) is 84.1 Å². The maximum atomic E-state index is 6.51. The largest absolute Gasteiger partial charge is 0.327 e. The van der Waals surface area contributed by atoms with E-state index in [2.05, 4.69) is 13.8 Å². The molecule has 20 heavy (non-hydrogen) atoms. The maximum absolute atomic E-state index is 6.51. The normalized spacial score (nSPS) is 58.6. The van der Waals surface area contributed by atoms with Crippen LogP contribution >= 0.6 is 0 Å². The van der Waals surface area contributed by atoms with Crippen LogP contribution in [0.3, 0.4) is 0 Å². The summed E-state index contributed by atoms with van der Waals surface area (Å²) in [7, 11) is 0. The molecule has 1 nitrogen and oxygen atoms in total. The van der Waals surface area contributed by atoms with E-state index < -0.39 is 0 Å². The first-order valence-electron chi connectivity index (χ1n) is 9.31. The first-order chi connectivity index (χ1) is 9.56. The van der Waals surface area contributed by atoms with E-state index in [1.807, 2.05) is 0 Å². The van der Waals surface area contributed by atoms with Crippen LogP contribution in [0, 0.1) is 34.5 Å². The molecule has 7 atom stereocenters. The maximum Gasteiger partial charge on any atom is 0.00957 e. The van der Waals surface area contributed by atoms with E-state index in [0.717, 1.165) is 23.7 Å². The molecule has 0 saturated heterocycles. The summed E-state index contributed by atoms with van der Waals surface area (Å²) < 4.78 is 0. The molecule has 114 valence electrons. The number of hydrogen-bond donors (Lipinski definition) is 1. The molecule has 0 aromatic carbocycles. The standard InChI is InChI=1S/C19H33N/c1-18-11-4-3-5-13(18)6-7-14-15-8-9-17(20)19(15,2)12-10-16(14)18/h13-17H,3-12,20H2,1-2H3/t13?,14-,15-,16-,17-,18-,19-/m0/s1. The molecule has 2 N–H and O–H groups in total. The van der Waals surface area contributed by atoms with Gasteiger partial charge in [-0.1, -0.05) is 26.7 Å². The Morgan fingerprint density at radius 3 is 2.40 bits per heavy atom. The minimum Gasteiger partial charge on any atom is -0.327 e. The SMILES string of the molecule is C[C@]12CC[C@H]3[C@@H](CCC4CCCC[C@@]43C)[C@@H]1CC[C@@H]2N. The summed E-state index contributed by atoms with van der Waals surface area (Å²) in [6.45, 7) is 5.20. The van der Waals surface area contributed by atoms with Crippen molar-refractivity contribution in [1.82, 2.24) is 0 Å². The quantitative estimate of drug-likeness (QED) is 0.678. The van der Waals surface area contributed by atoms with Crippen molar-refractivity contribution in [1.29, 1.82) is 0 Å². The predicted molar refractivity (Wildman–Crippen MR) is 84.3 cm³/mol. The fourth-order valence-electron chi connectivity index (χ4n) is 7.34. The minimum absolute atomic E-state index is 0.485. The van der Waals surface area contributed by atoms with Gasteiger partial charge in [-0.05, 0) is 85.9 Å². The summed E-state index contributed by atoms with van der Waals surface area (Å²) in [5, 5.41) is 0. The van der Waals surface area contributed by atoms with Crippen molar-refractivity contribution in [2.24, 2.45) is 40.2 Å². The summed E-state index contributed by atoms with van der Waals surface area (Å²) in [6.07, 6.45) is 14.7. The summed E-state index contributed by atoms with van der Waals surface area (Å²) in [5.74, 6) is 4.06. The van der Waals surface area contributed by atoms with Crippen molar-refractivity contribution >= 4 is 0 Å². The smallest absolute Gasteiger partial charge is 0.00957 e. The van der Waals surface area contributed by atoms with Gasteiger partial charge in [0.15, 0.2) is 0 Å². The van der Waals surface area contributed by atoms with Crippen LogP contribution in [0.2, 0.25) is 0 Å². The molecule has 0 radical (unpaired) electrons. The molecular formula is C19H33N. The highest BCUT2D eigenvalue weighted by Crippen LogP contribution is 2.65. The monoisotopic (exact) mass is 275 g/mol. The van der Waals surface area contributed by atoms with Crippen molar-refractivity contribution in [3.8, 4) is 0 Å². The third kappa shape index (κ3) is 1.65. The van der Waals surface area contributed by atoms with E-state index in [1.165, 1.54) is 64.2 Å². The van der Waals surface area contributed by atoms with Crippen LogP contribution in [-0.2, 0) is 0 Å². The Morgan fingerprint density at radius 2 is 1.55 bits per heavy atom. The molecule has 0 spiro atoms. The van der Waals surface area contributed by atoms with Gasteiger partial charge in [-0.3, -0.25) is 0 Å². The summed E-state index contributed by atoms with van der Waals surface area (Å²) >= 11 is 0. The Kier molecular flexibility index (Phi) is 3.05. The van der Waals surface area contributed by atoms with Crippen LogP contribution < -0.4 is 5.73 Å². The van der Waals surface area contributed by atoms with E-state index in [-0.39, 0.29) is 0 Å². The third-order valence-corrected chi connectivity index (χ3v) is 8.66. The van der Waals surface area contributed by atoms with Gasteiger partial charge in [0.05, 0.1) is 0 Å². The average Bonchev–Trinajstić information content (AvgIpc) is 2.74. The van der Waals surface area contributed by atoms with Gasteiger partial charge in [-0.25, -0.2) is 0 Å².